The van der Waals surface area contributed by atoms with E-state index in [1.165, 1.54) is 18.4 Å². The second-order valence-corrected chi connectivity index (χ2v) is 5.98. The van der Waals surface area contributed by atoms with E-state index in [0.29, 0.717) is 5.92 Å². The SMILES string of the molecule is COC1C=C(CC[C@]2(C)C(C)=CCC[C@H]2C)C(=O)O1. The zero-order chi connectivity index (χ0) is 14.0. The van der Waals surface area contributed by atoms with Gasteiger partial charge in [-0.3, -0.25) is 0 Å². The molecule has 3 heteroatoms. The summed E-state index contributed by atoms with van der Waals surface area (Å²) in [5.74, 6) is 0.439. The third-order valence-corrected chi connectivity index (χ3v) is 5.01. The summed E-state index contributed by atoms with van der Waals surface area (Å²) in [6.45, 7) is 6.85. The van der Waals surface area contributed by atoms with E-state index in [9.17, 15) is 4.79 Å². The van der Waals surface area contributed by atoms with Gasteiger partial charge in [-0.2, -0.15) is 0 Å². The number of hydrogen-bond acceptors (Lipinski definition) is 3. The fourth-order valence-electron chi connectivity index (χ4n) is 3.08. The molecule has 0 spiro atoms. The maximum absolute atomic E-state index is 11.7. The number of carbonyl (C=O) groups excluding carboxylic acids is 1. The Morgan fingerprint density at radius 3 is 2.84 bits per heavy atom. The molecule has 1 heterocycles. The number of cyclic esters (lactones) is 1. The van der Waals surface area contributed by atoms with Crippen molar-refractivity contribution in [1.29, 1.82) is 0 Å². The van der Waals surface area contributed by atoms with Crippen molar-refractivity contribution in [1.82, 2.24) is 0 Å². The van der Waals surface area contributed by atoms with Crippen molar-refractivity contribution in [2.45, 2.75) is 52.7 Å². The van der Waals surface area contributed by atoms with Crippen molar-refractivity contribution in [2.24, 2.45) is 11.3 Å². The van der Waals surface area contributed by atoms with Crippen LogP contribution in [-0.2, 0) is 14.3 Å². The predicted molar refractivity (Wildman–Crippen MR) is 74.5 cm³/mol. The first-order valence-corrected chi connectivity index (χ1v) is 7.09. The van der Waals surface area contributed by atoms with Gasteiger partial charge in [0, 0.05) is 12.7 Å². The second-order valence-electron chi connectivity index (χ2n) is 5.98. The summed E-state index contributed by atoms with van der Waals surface area (Å²) in [4.78, 5) is 11.7. The Bertz CT molecular complexity index is 422. The van der Waals surface area contributed by atoms with E-state index in [0.717, 1.165) is 18.4 Å². The minimum atomic E-state index is -0.490. The molecule has 2 rings (SSSR count). The zero-order valence-electron chi connectivity index (χ0n) is 12.4. The van der Waals surface area contributed by atoms with Gasteiger partial charge in [0.2, 0.25) is 6.29 Å². The molecule has 19 heavy (non-hydrogen) atoms. The van der Waals surface area contributed by atoms with Crippen LogP contribution >= 0.6 is 0 Å². The summed E-state index contributed by atoms with van der Waals surface area (Å²) in [5, 5.41) is 0. The van der Waals surface area contributed by atoms with E-state index in [-0.39, 0.29) is 11.4 Å². The third-order valence-electron chi connectivity index (χ3n) is 5.01. The minimum Gasteiger partial charge on any atom is -0.429 e. The van der Waals surface area contributed by atoms with Crippen molar-refractivity contribution >= 4 is 5.97 Å². The molecule has 1 aliphatic carbocycles. The van der Waals surface area contributed by atoms with Crippen LogP contribution in [0.5, 0.6) is 0 Å². The second kappa shape index (κ2) is 5.49. The molecule has 0 N–H and O–H groups in total. The smallest absolute Gasteiger partial charge is 0.336 e. The fraction of sp³-hybridized carbons (Fsp3) is 0.688. The molecular weight excluding hydrogens is 240 g/mol. The largest absolute Gasteiger partial charge is 0.429 e. The highest BCUT2D eigenvalue weighted by Gasteiger charge is 2.36. The number of esters is 1. The van der Waals surface area contributed by atoms with E-state index in [1.807, 2.05) is 0 Å². The summed E-state index contributed by atoms with van der Waals surface area (Å²) in [6.07, 6.45) is 7.84. The van der Waals surface area contributed by atoms with Gasteiger partial charge in [0.1, 0.15) is 0 Å². The zero-order valence-corrected chi connectivity index (χ0v) is 12.4. The first-order valence-electron chi connectivity index (χ1n) is 7.09. The van der Waals surface area contributed by atoms with Gasteiger partial charge in [0.05, 0.1) is 0 Å². The lowest BCUT2D eigenvalue weighted by atomic mass is 9.65. The van der Waals surface area contributed by atoms with Gasteiger partial charge in [0.15, 0.2) is 0 Å². The van der Waals surface area contributed by atoms with Crippen LogP contribution in [0.25, 0.3) is 0 Å². The molecule has 0 fully saturated rings. The molecule has 0 saturated carbocycles. The van der Waals surface area contributed by atoms with Gasteiger partial charge < -0.3 is 9.47 Å². The highest BCUT2D eigenvalue weighted by atomic mass is 16.7. The highest BCUT2D eigenvalue weighted by Crippen LogP contribution is 2.46. The number of hydrogen-bond donors (Lipinski definition) is 0. The highest BCUT2D eigenvalue weighted by molar-refractivity contribution is 5.90. The molecule has 0 saturated heterocycles. The topological polar surface area (TPSA) is 35.5 Å². The Labute approximate surface area is 115 Å². The molecule has 0 bridgehead atoms. The van der Waals surface area contributed by atoms with Crippen molar-refractivity contribution in [3.8, 4) is 0 Å². The summed E-state index contributed by atoms with van der Waals surface area (Å²) >= 11 is 0. The molecule has 0 aromatic heterocycles. The lowest BCUT2D eigenvalue weighted by molar-refractivity contribution is -0.155. The lowest BCUT2D eigenvalue weighted by Gasteiger charge is -2.40. The number of methoxy groups -OCH3 is 1. The van der Waals surface area contributed by atoms with E-state index in [1.54, 1.807) is 13.2 Å². The molecular formula is C16H24O3. The van der Waals surface area contributed by atoms with Crippen LogP contribution in [0, 0.1) is 11.3 Å². The lowest BCUT2D eigenvalue weighted by Crippen LogP contribution is -2.29. The van der Waals surface area contributed by atoms with E-state index in [2.05, 4.69) is 26.8 Å². The van der Waals surface area contributed by atoms with Crippen molar-refractivity contribution in [3.05, 3.63) is 23.3 Å². The third kappa shape index (κ3) is 2.76. The van der Waals surface area contributed by atoms with E-state index < -0.39 is 6.29 Å². The van der Waals surface area contributed by atoms with Gasteiger partial charge in [0.25, 0.3) is 0 Å². The van der Waals surface area contributed by atoms with Crippen molar-refractivity contribution in [2.75, 3.05) is 7.11 Å². The van der Waals surface area contributed by atoms with E-state index >= 15 is 0 Å². The van der Waals surface area contributed by atoms with Crippen molar-refractivity contribution in [3.63, 3.8) is 0 Å². The standard InChI is InChI=1S/C16H24O3/c1-11-6-5-7-12(2)16(11,3)9-8-13-10-14(18-4)19-15(13)17/h6,10,12,14H,5,7-9H2,1-4H3/t12-,14?,16-/m1/s1. The predicted octanol–water partition coefficient (Wildman–Crippen LogP) is 3.60. The van der Waals surface area contributed by atoms with Crippen LogP contribution in [0.1, 0.15) is 46.5 Å². The number of allylic oxidation sites excluding steroid dienone is 2. The molecule has 3 atom stereocenters. The molecule has 1 unspecified atom stereocenters. The quantitative estimate of drug-likeness (QED) is 0.575. The maximum atomic E-state index is 11.7. The normalized spacial score (nSPS) is 34.8. The Hall–Kier alpha value is -1.09. The molecule has 2 aliphatic rings. The van der Waals surface area contributed by atoms with Crippen LogP contribution < -0.4 is 0 Å². The molecule has 1 aliphatic heterocycles. The van der Waals surface area contributed by atoms with Gasteiger partial charge in [-0.25, -0.2) is 4.79 Å². The van der Waals surface area contributed by atoms with Gasteiger partial charge >= 0.3 is 5.97 Å². The first kappa shape index (κ1) is 14.3. The molecule has 106 valence electrons. The Balaban J connectivity index is 2.04. The summed E-state index contributed by atoms with van der Waals surface area (Å²) < 4.78 is 10.1. The monoisotopic (exact) mass is 264 g/mol. The average molecular weight is 264 g/mol. The summed E-state index contributed by atoms with van der Waals surface area (Å²) in [7, 11) is 1.55. The molecule has 0 aromatic rings. The van der Waals surface area contributed by atoms with Crippen LogP contribution in [0.15, 0.2) is 23.3 Å². The molecule has 0 radical (unpaired) electrons. The number of ether oxygens (including phenoxy) is 2. The molecule has 0 amide bonds. The van der Waals surface area contributed by atoms with Crippen molar-refractivity contribution < 1.29 is 14.3 Å². The molecule has 3 nitrogen and oxygen atoms in total. The molecule has 0 aromatic carbocycles. The van der Waals surface area contributed by atoms with Crippen LogP contribution in [-0.4, -0.2) is 19.4 Å². The maximum Gasteiger partial charge on any atom is 0.336 e. The Morgan fingerprint density at radius 1 is 1.53 bits per heavy atom. The fourth-order valence-corrected chi connectivity index (χ4v) is 3.08. The number of rotatable bonds is 4. The minimum absolute atomic E-state index is 0.199. The van der Waals surface area contributed by atoms with Gasteiger partial charge in [-0.05, 0) is 50.0 Å². The van der Waals surface area contributed by atoms with Gasteiger partial charge in [-0.1, -0.05) is 25.5 Å². The summed E-state index contributed by atoms with van der Waals surface area (Å²) in [6, 6.07) is 0. The van der Waals surface area contributed by atoms with Crippen LogP contribution in [0.4, 0.5) is 0 Å². The van der Waals surface area contributed by atoms with Gasteiger partial charge in [-0.15, -0.1) is 0 Å². The van der Waals surface area contributed by atoms with Crippen LogP contribution in [0.3, 0.4) is 0 Å². The summed E-state index contributed by atoms with van der Waals surface area (Å²) in [5.41, 5.74) is 2.42. The Kier molecular flexibility index (Phi) is 4.14. The average Bonchev–Trinajstić information content (AvgIpc) is 2.75. The number of carbonyl (C=O) groups is 1. The Morgan fingerprint density at radius 2 is 2.26 bits per heavy atom. The first-order chi connectivity index (χ1) is 8.97. The van der Waals surface area contributed by atoms with Crippen LogP contribution in [0.2, 0.25) is 0 Å². The van der Waals surface area contributed by atoms with E-state index in [4.69, 9.17) is 9.47 Å².